The average Bonchev–Trinajstić information content (AvgIpc) is 2.60. The number of nitro benzene ring substituents is 1. The lowest BCUT2D eigenvalue weighted by Gasteiger charge is -2.19. The molecule has 1 aromatic rings. The van der Waals surface area contributed by atoms with E-state index in [1.807, 2.05) is 6.92 Å². The van der Waals surface area contributed by atoms with Gasteiger partial charge in [0.25, 0.3) is 5.69 Å². The SMILES string of the molecule is CCOC(=O)CC(C)CNc1ccc(S(=O)(=O)N(CC)CC)cc1[N+](=O)[O-]. The van der Waals surface area contributed by atoms with Gasteiger partial charge in [-0.1, -0.05) is 20.8 Å². The third-order valence-electron chi connectivity index (χ3n) is 3.97. The van der Waals surface area contributed by atoms with Gasteiger partial charge in [0.2, 0.25) is 10.0 Å². The predicted molar refractivity (Wildman–Crippen MR) is 102 cm³/mol. The molecule has 0 saturated heterocycles. The van der Waals surface area contributed by atoms with Gasteiger partial charge in [-0.25, -0.2) is 8.42 Å². The van der Waals surface area contributed by atoms with Gasteiger partial charge in [0.1, 0.15) is 5.69 Å². The largest absolute Gasteiger partial charge is 0.466 e. The third kappa shape index (κ3) is 6.17. The smallest absolute Gasteiger partial charge is 0.306 e. The third-order valence-corrected chi connectivity index (χ3v) is 6.02. The van der Waals surface area contributed by atoms with Crippen molar-refractivity contribution >= 4 is 27.4 Å². The second-order valence-electron chi connectivity index (χ2n) is 6.02. The molecule has 0 aliphatic carbocycles. The number of benzene rings is 1. The van der Waals surface area contributed by atoms with Gasteiger partial charge in [-0.2, -0.15) is 4.31 Å². The monoisotopic (exact) mass is 401 g/mol. The molecule has 9 nitrogen and oxygen atoms in total. The molecule has 0 radical (unpaired) electrons. The van der Waals surface area contributed by atoms with E-state index in [4.69, 9.17) is 4.74 Å². The molecule has 1 N–H and O–H groups in total. The Labute approximate surface area is 159 Å². The van der Waals surface area contributed by atoms with Gasteiger partial charge in [-0.05, 0) is 25.0 Å². The van der Waals surface area contributed by atoms with Crippen LogP contribution in [0.2, 0.25) is 0 Å². The van der Waals surface area contributed by atoms with Gasteiger partial charge in [-0.3, -0.25) is 14.9 Å². The summed E-state index contributed by atoms with van der Waals surface area (Å²) in [4.78, 5) is 22.1. The van der Waals surface area contributed by atoms with Crippen molar-refractivity contribution in [1.29, 1.82) is 0 Å². The summed E-state index contributed by atoms with van der Waals surface area (Å²) in [6, 6.07) is 3.79. The second kappa shape index (κ2) is 10.2. The van der Waals surface area contributed by atoms with E-state index in [0.717, 1.165) is 6.07 Å². The summed E-state index contributed by atoms with van der Waals surface area (Å²) in [6.07, 6.45) is 0.184. The quantitative estimate of drug-likeness (QED) is 0.344. The minimum atomic E-state index is -3.79. The number of carbonyl (C=O) groups excluding carboxylic acids is 1. The standard InChI is InChI=1S/C17H27N3O6S/c1-5-19(6-2)27(24,25)14-8-9-15(16(11-14)20(22)23)18-12-13(4)10-17(21)26-7-3/h8-9,11,13,18H,5-7,10,12H2,1-4H3. The first-order valence-corrected chi connectivity index (χ1v) is 10.3. The molecule has 0 aromatic heterocycles. The van der Waals surface area contributed by atoms with Crippen LogP contribution >= 0.6 is 0 Å². The lowest BCUT2D eigenvalue weighted by Crippen LogP contribution is -2.30. The van der Waals surface area contributed by atoms with Crippen LogP contribution in [0.5, 0.6) is 0 Å². The van der Waals surface area contributed by atoms with E-state index in [1.54, 1.807) is 20.8 Å². The van der Waals surface area contributed by atoms with Gasteiger partial charge >= 0.3 is 5.97 Å². The van der Waals surface area contributed by atoms with Crippen LogP contribution in [0.3, 0.4) is 0 Å². The molecule has 0 amide bonds. The van der Waals surface area contributed by atoms with Crippen LogP contribution in [-0.2, 0) is 19.6 Å². The maximum Gasteiger partial charge on any atom is 0.306 e. The van der Waals surface area contributed by atoms with Crippen LogP contribution < -0.4 is 5.32 Å². The predicted octanol–water partition coefficient (Wildman–Crippen LogP) is 2.63. The van der Waals surface area contributed by atoms with Crippen molar-refractivity contribution < 1.29 is 22.9 Å². The highest BCUT2D eigenvalue weighted by Gasteiger charge is 2.25. The fourth-order valence-corrected chi connectivity index (χ4v) is 4.02. The summed E-state index contributed by atoms with van der Waals surface area (Å²) in [7, 11) is -3.79. The Balaban J connectivity index is 3.01. The van der Waals surface area contributed by atoms with Crippen molar-refractivity contribution in [1.82, 2.24) is 4.31 Å². The number of anilines is 1. The topological polar surface area (TPSA) is 119 Å². The molecule has 0 spiro atoms. The second-order valence-corrected chi connectivity index (χ2v) is 7.96. The van der Waals surface area contributed by atoms with Crippen molar-refractivity contribution in [2.24, 2.45) is 5.92 Å². The summed E-state index contributed by atoms with van der Waals surface area (Å²) in [5.74, 6) is -0.440. The number of nitrogens with zero attached hydrogens (tertiary/aromatic N) is 2. The zero-order valence-corrected chi connectivity index (χ0v) is 16.9. The minimum Gasteiger partial charge on any atom is -0.466 e. The number of nitrogens with one attached hydrogen (secondary N) is 1. The van der Waals surface area contributed by atoms with Crippen LogP contribution in [0.1, 0.15) is 34.1 Å². The average molecular weight is 401 g/mol. The Morgan fingerprint density at radius 2 is 1.93 bits per heavy atom. The van der Waals surface area contributed by atoms with Gasteiger partial charge < -0.3 is 10.1 Å². The van der Waals surface area contributed by atoms with E-state index in [1.165, 1.54) is 16.4 Å². The molecule has 27 heavy (non-hydrogen) atoms. The van der Waals surface area contributed by atoms with Crippen LogP contribution in [-0.4, -0.2) is 49.9 Å². The minimum absolute atomic E-state index is 0.109. The van der Waals surface area contributed by atoms with Crippen molar-refractivity contribution in [2.45, 2.75) is 39.0 Å². The molecule has 0 aliphatic rings. The number of ether oxygens (including phenoxy) is 1. The fraction of sp³-hybridized carbons (Fsp3) is 0.588. The fourth-order valence-electron chi connectivity index (χ4n) is 2.55. The van der Waals surface area contributed by atoms with Crippen LogP contribution in [0, 0.1) is 16.0 Å². The number of hydrogen-bond donors (Lipinski definition) is 1. The Morgan fingerprint density at radius 1 is 1.30 bits per heavy atom. The molecule has 0 fully saturated rings. The lowest BCUT2D eigenvalue weighted by atomic mass is 10.1. The number of nitro groups is 1. The maximum atomic E-state index is 12.6. The Morgan fingerprint density at radius 3 is 2.44 bits per heavy atom. The van der Waals surface area contributed by atoms with Gasteiger partial charge in [0.05, 0.1) is 16.4 Å². The normalized spacial score (nSPS) is 12.6. The highest BCUT2D eigenvalue weighted by Crippen LogP contribution is 2.29. The van der Waals surface area contributed by atoms with Crippen LogP contribution in [0.4, 0.5) is 11.4 Å². The van der Waals surface area contributed by atoms with Gasteiger partial charge in [-0.15, -0.1) is 0 Å². The molecule has 1 unspecified atom stereocenters. The number of sulfonamides is 1. The molecule has 1 rings (SSSR count). The molecule has 1 atom stereocenters. The molecule has 10 heteroatoms. The molecule has 0 heterocycles. The van der Waals surface area contributed by atoms with E-state index in [9.17, 15) is 23.3 Å². The first-order chi connectivity index (χ1) is 12.7. The lowest BCUT2D eigenvalue weighted by molar-refractivity contribution is -0.384. The van der Waals surface area contributed by atoms with Crippen molar-refractivity contribution in [3.8, 4) is 0 Å². The highest BCUT2D eigenvalue weighted by atomic mass is 32.2. The van der Waals surface area contributed by atoms with E-state index in [-0.39, 0.29) is 47.7 Å². The summed E-state index contributed by atoms with van der Waals surface area (Å²) >= 11 is 0. The summed E-state index contributed by atoms with van der Waals surface area (Å²) in [5, 5.41) is 14.3. The summed E-state index contributed by atoms with van der Waals surface area (Å²) < 4.78 is 31.2. The Bertz CT molecular complexity index is 762. The molecule has 0 aliphatic heterocycles. The van der Waals surface area contributed by atoms with E-state index in [2.05, 4.69) is 5.32 Å². The van der Waals surface area contributed by atoms with Crippen molar-refractivity contribution in [3.63, 3.8) is 0 Å². The Kier molecular flexibility index (Phi) is 8.64. The highest BCUT2D eigenvalue weighted by molar-refractivity contribution is 7.89. The Hall–Kier alpha value is -2.20. The summed E-state index contributed by atoms with van der Waals surface area (Å²) in [5.41, 5.74) is -0.124. The molecular formula is C17H27N3O6S. The number of carbonyl (C=O) groups is 1. The molecule has 0 bridgehead atoms. The van der Waals surface area contributed by atoms with E-state index < -0.39 is 14.9 Å². The zero-order chi connectivity index (χ0) is 20.6. The number of rotatable bonds is 11. The van der Waals surface area contributed by atoms with E-state index in [0.29, 0.717) is 13.2 Å². The van der Waals surface area contributed by atoms with Gasteiger partial charge in [0, 0.05) is 32.1 Å². The summed E-state index contributed by atoms with van der Waals surface area (Å²) in [6.45, 7) is 8.10. The first kappa shape index (κ1) is 22.8. The zero-order valence-electron chi connectivity index (χ0n) is 16.1. The molecule has 1 aromatic carbocycles. The van der Waals surface area contributed by atoms with E-state index >= 15 is 0 Å². The van der Waals surface area contributed by atoms with Crippen LogP contribution in [0.25, 0.3) is 0 Å². The first-order valence-electron chi connectivity index (χ1n) is 8.85. The number of esters is 1. The van der Waals surface area contributed by atoms with Crippen LogP contribution in [0.15, 0.2) is 23.1 Å². The number of hydrogen-bond acceptors (Lipinski definition) is 7. The molecule has 0 saturated carbocycles. The molecular weight excluding hydrogens is 374 g/mol. The maximum absolute atomic E-state index is 12.6. The molecule has 152 valence electrons. The van der Waals surface area contributed by atoms with Crippen molar-refractivity contribution in [3.05, 3.63) is 28.3 Å². The van der Waals surface area contributed by atoms with Gasteiger partial charge in [0.15, 0.2) is 0 Å². The van der Waals surface area contributed by atoms with Crippen molar-refractivity contribution in [2.75, 3.05) is 31.6 Å².